The summed E-state index contributed by atoms with van der Waals surface area (Å²) in [7, 11) is 1.55. The molecule has 0 spiro atoms. The Kier molecular flexibility index (Phi) is 6.66. The third-order valence-corrected chi connectivity index (χ3v) is 7.88. The van der Waals surface area contributed by atoms with Crippen LogP contribution < -0.4 is 15.0 Å². The molecule has 0 radical (unpaired) electrons. The van der Waals surface area contributed by atoms with E-state index in [1.807, 2.05) is 42.5 Å². The van der Waals surface area contributed by atoms with E-state index in [1.165, 1.54) is 24.0 Å². The van der Waals surface area contributed by atoms with Crippen molar-refractivity contribution in [3.05, 3.63) is 95.2 Å². The van der Waals surface area contributed by atoms with Crippen molar-refractivity contribution in [2.24, 2.45) is 0 Å². The number of carboxylic acid groups (broad SMARTS) is 1. The summed E-state index contributed by atoms with van der Waals surface area (Å²) in [6.45, 7) is 1.24. The number of fused-ring (bicyclic) bond motifs is 4. The third-order valence-electron chi connectivity index (χ3n) is 7.88. The highest BCUT2D eigenvalue weighted by atomic mass is 16.5. The Hall–Kier alpha value is -5.16. The maximum Gasteiger partial charge on any atom is 0.332 e. The van der Waals surface area contributed by atoms with Gasteiger partial charge in [0.2, 0.25) is 0 Å². The minimum absolute atomic E-state index is 0.0204. The topological polar surface area (TPSA) is 152 Å². The fourth-order valence-corrected chi connectivity index (χ4v) is 5.92. The van der Waals surface area contributed by atoms with Crippen LogP contribution in [0, 0.1) is 0 Å². The standard InChI is InChI=1S/C31H28N4O7/c1-16(36)25(30(39)40)33-28(37)20-11-4-6-13-23(20)35-29(38)24-15-21-19-10-3-5-12-22(19)32-26(21)27(34(24)31(35)41)17-8-7-9-18(14-17)42-2/h3-14,16,24-25,27,32,36H,15H2,1-2H3,(H,33,37)(H,39,40)/t16-,24-,25-,27-/m0/s1. The van der Waals surface area contributed by atoms with Crippen LogP contribution in [0.3, 0.4) is 0 Å². The van der Waals surface area contributed by atoms with Gasteiger partial charge in [-0.2, -0.15) is 0 Å². The molecule has 4 atom stereocenters. The number of carboxylic acids is 1. The first-order valence-corrected chi connectivity index (χ1v) is 13.4. The molecule has 0 bridgehead atoms. The van der Waals surface area contributed by atoms with Gasteiger partial charge in [0.25, 0.3) is 11.8 Å². The molecular formula is C31H28N4O7. The van der Waals surface area contributed by atoms with E-state index in [2.05, 4.69) is 10.3 Å². The monoisotopic (exact) mass is 568 g/mol. The Labute approximate surface area is 240 Å². The van der Waals surface area contributed by atoms with Crippen LogP contribution >= 0.6 is 0 Å². The van der Waals surface area contributed by atoms with Gasteiger partial charge in [0.15, 0.2) is 6.04 Å². The lowest BCUT2D eigenvalue weighted by atomic mass is 9.89. The van der Waals surface area contributed by atoms with Gasteiger partial charge >= 0.3 is 12.0 Å². The Bertz CT molecular complexity index is 1750. The fourth-order valence-electron chi connectivity index (χ4n) is 5.92. The maximum absolute atomic E-state index is 14.2. The summed E-state index contributed by atoms with van der Waals surface area (Å²) in [6, 6.07) is 17.4. The van der Waals surface area contributed by atoms with E-state index in [0.717, 1.165) is 32.6 Å². The van der Waals surface area contributed by atoms with Crippen molar-refractivity contribution in [2.75, 3.05) is 12.0 Å². The molecule has 1 fully saturated rings. The summed E-state index contributed by atoms with van der Waals surface area (Å²) in [4.78, 5) is 59.2. The molecule has 0 saturated carbocycles. The number of aliphatic carboxylic acids is 1. The minimum Gasteiger partial charge on any atom is -0.497 e. The number of nitrogens with one attached hydrogen (secondary N) is 2. The van der Waals surface area contributed by atoms with Crippen LogP contribution in [0.25, 0.3) is 10.9 Å². The SMILES string of the molecule is COc1cccc([C@H]2c3[nH]c4ccccc4c3C[C@H]3C(=O)N(c4ccccc4C(=O)N[C@H](C(=O)O)[C@H](C)O)C(=O)N23)c1. The van der Waals surface area contributed by atoms with Gasteiger partial charge < -0.3 is 25.3 Å². The van der Waals surface area contributed by atoms with Crippen molar-refractivity contribution in [3.8, 4) is 5.75 Å². The van der Waals surface area contributed by atoms with E-state index in [4.69, 9.17) is 4.74 Å². The number of carbonyl (C=O) groups is 4. The zero-order chi connectivity index (χ0) is 29.7. The molecule has 214 valence electrons. The number of aliphatic hydroxyl groups excluding tert-OH is 1. The number of hydrogen-bond acceptors (Lipinski definition) is 6. The highest BCUT2D eigenvalue weighted by molar-refractivity contribution is 6.24. The van der Waals surface area contributed by atoms with E-state index < -0.39 is 48.0 Å². The van der Waals surface area contributed by atoms with E-state index in [1.54, 1.807) is 25.3 Å². The van der Waals surface area contributed by atoms with Gasteiger partial charge in [-0.15, -0.1) is 0 Å². The molecule has 2 aliphatic heterocycles. The Morgan fingerprint density at radius 1 is 1.05 bits per heavy atom. The van der Waals surface area contributed by atoms with E-state index >= 15 is 0 Å². The number of amides is 4. The second-order valence-corrected chi connectivity index (χ2v) is 10.4. The number of para-hydroxylation sites is 2. The lowest BCUT2D eigenvalue weighted by molar-refractivity contribution is -0.141. The molecule has 4 aromatic rings. The summed E-state index contributed by atoms with van der Waals surface area (Å²) < 4.78 is 5.45. The van der Waals surface area contributed by atoms with Crippen LogP contribution in [0.5, 0.6) is 5.75 Å². The number of anilines is 1. The lowest BCUT2D eigenvalue weighted by Gasteiger charge is -2.36. The Morgan fingerprint density at radius 3 is 2.52 bits per heavy atom. The number of carbonyl (C=O) groups excluding carboxylic acids is 3. The van der Waals surface area contributed by atoms with Gasteiger partial charge in [0, 0.05) is 23.0 Å². The molecule has 4 N–H and O–H groups in total. The van der Waals surface area contributed by atoms with Crippen molar-refractivity contribution < 1.29 is 34.1 Å². The predicted molar refractivity (Wildman–Crippen MR) is 152 cm³/mol. The van der Waals surface area contributed by atoms with Crippen LogP contribution in [0.15, 0.2) is 72.8 Å². The number of hydrogen-bond donors (Lipinski definition) is 4. The van der Waals surface area contributed by atoms with Gasteiger partial charge in [0.05, 0.1) is 24.5 Å². The molecule has 4 amide bonds. The molecular weight excluding hydrogens is 540 g/mol. The highest BCUT2D eigenvalue weighted by Gasteiger charge is 2.53. The summed E-state index contributed by atoms with van der Waals surface area (Å²) in [5.74, 6) is -2.18. The molecule has 11 heteroatoms. The summed E-state index contributed by atoms with van der Waals surface area (Å²) in [5, 5.41) is 22.6. The number of methoxy groups -OCH3 is 1. The van der Waals surface area contributed by atoms with Gasteiger partial charge in [-0.1, -0.05) is 42.5 Å². The fraction of sp³-hybridized carbons (Fsp3) is 0.226. The zero-order valence-electron chi connectivity index (χ0n) is 22.8. The number of aromatic amines is 1. The minimum atomic E-state index is -1.59. The predicted octanol–water partition coefficient (Wildman–Crippen LogP) is 3.22. The number of rotatable bonds is 7. The highest BCUT2D eigenvalue weighted by Crippen LogP contribution is 2.45. The van der Waals surface area contributed by atoms with E-state index in [0.29, 0.717) is 5.75 Å². The second-order valence-electron chi connectivity index (χ2n) is 10.4. The van der Waals surface area contributed by atoms with Crippen molar-refractivity contribution in [2.45, 2.75) is 37.6 Å². The second kappa shape index (κ2) is 10.3. The van der Waals surface area contributed by atoms with Gasteiger partial charge in [0.1, 0.15) is 17.8 Å². The summed E-state index contributed by atoms with van der Waals surface area (Å²) in [5.41, 5.74) is 3.29. The smallest absolute Gasteiger partial charge is 0.332 e. The zero-order valence-corrected chi connectivity index (χ0v) is 22.8. The lowest BCUT2D eigenvalue weighted by Crippen LogP contribution is -2.48. The average molecular weight is 569 g/mol. The Morgan fingerprint density at radius 2 is 1.79 bits per heavy atom. The third kappa shape index (κ3) is 4.25. The summed E-state index contributed by atoms with van der Waals surface area (Å²) >= 11 is 0. The molecule has 11 nitrogen and oxygen atoms in total. The quantitative estimate of drug-likeness (QED) is 0.250. The number of nitrogens with zero attached hydrogens (tertiary/aromatic N) is 2. The van der Waals surface area contributed by atoms with Crippen LogP contribution in [-0.2, 0) is 16.0 Å². The van der Waals surface area contributed by atoms with E-state index in [9.17, 15) is 29.4 Å². The number of imide groups is 1. The Balaban J connectivity index is 1.45. The number of aliphatic hydroxyl groups is 1. The van der Waals surface area contributed by atoms with Gasteiger partial charge in [-0.3, -0.25) is 14.5 Å². The molecule has 3 aromatic carbocycles. The normalized spacial score (nSPS) is 19.3. The average Bonchev–Trinajstić information content (AvgIpc) is 3.48. The molecule has 1 aromatic heterocycles. The number of aromatic nitrogens is 1. The van der Waals surface area contributed by atoms with Crippen LogP contribution in [0.2, 0.25) is 0 Å². The van der Waals surface area contributed by atoms with E-state index in [-0.39, 0.29) is 17.7 Å². The molecule has 42 heavy (non-hydrogen) atoms. The van der Waals surface area contributed by atoms with Gasteiger partial charge in [-0.25, -0.2) is 14.5 Å². The number of H-pyrrole nitrogens is 1. The van der Waals surface area contributed by atoms with Crippen molar-refractivity contribution in [3.63, 3.8) is 0 Å². The van der Waals surface area contributed by atoms with Crippen LogP contribution in [0.4, 0.5) is 10.5 Å². The van der Waals surface area contributed by atoms with Crippen LogP contribution in [-0.4, -0.2) is 69.2 Å². The molecule has 6 rings (SSSR count). The first kappa shape index (κ1) is 27.0. The molecule has 0 unspecified atom stereocenters. The number of ether oxygens (including phenoxy) is 1. The first-order valence-electron chi connectivity index (χ1n) is 13.4. The van der Waals surface area contributed by atoms with Gasteiger partial charge in [-0.05, 0) is 48.4 Å². The van der Waals surface area contributed by atoms with Crippen molar-refractivity contribution in [1.29, 1.82) is 0 Å². The molecule has 1 saturated heterocycles. The summed E-state index contributed by atoms with van der Waals surface area (Å²) in [6.07, 6.45) is -1.12. The molecule has 0 aliphatic carbocycles. The molecule has 2 aliphatic rings. The number of urea groups is 1. The molecule has 3 heterocycles. The largest absolute Gasteiger partial charge is 0.497 e. The number of benzene rings is 3. The first-order chi connectivity index (χ1) is 20.2. The van der Waals surface area contributed by atoms with Crippen LogP contribution in [0.1, 0.15) is 40.1 Å². The van der Waals surface area contributed by atoms with Crippen molar-refractivity contribution in [1.82, 2.24) is 15.2 Å². The van der Waals surface area contributed by atoms with Crippen molar-refractivity contribution >= 4 is 40.4 Å². The maximum atomic E-state index is 14.2.